The summed E-state index contributed by atoms with van der Waals surface area (Å²) in [5.74, 6) is -1.01. The zero-order chi connectivity index (χ0) is 23.0. The van der Waals surface area contributed by atoms with Gasteiger partial charge in [-0.1, -0.05) is 17.4 Å². The number of carbonyl (C=O) groups excluding carboxylic acids is 1. The van der Waals surface area contributed by atoms with Crippen molar-refractivity contribution in [2.75, 3.05) is 6.54 Å². The third-order valence-corrected chi connectivity index (χ3v) is 8.69. The topological polar surface area (TPSA) is 71.7 Å². The van der Waals surface area contributed by atoms with Crippen molar-refractivity contribution in [3.05, 3.63) is 70.8 Å². The summed E-state index contributed by atoms with van der Waals surface area (Å²) in [6, 6.07) is 7.89. The van der Waals surface area contributed by atoms with E-state index in [1.165, 1.54) is 27.8 Å². The molecule has 1 aromatic heterocycles. The highest BCUT2D eigenvalue weighted by Crippen LogP contribution is 2.27. The van der Waals surface area contributed by atoms with Crippen LogP contribution in [0.15, 0.2) is 58.9 Å². The lowest BCUT2D eigenvalue weighted by molar-refractivity contribution is -0.121. The van der Waals surface area contributed by atoms with Crippen LogP contribution in [0.25, 0.3) is 10.2 Å². The summed E-state index contributed by atoms with van der Waals surface area (Å²) in [6.45, 7) is 8.58. The molecule has 0 spiro atoms. The van der Waals surface area contributed by atoms with Crippen LogP contribution in [0.2, 0.25) is 0 Å². The molecule has 4 rings (SSSR count). The average Bonchev–Trinajstić information content (AvgIpc) is 3.36. The first-order valence-electron chi connectivity index (χ1n) is 10.3. The molecule has 9 heteroatoms. The molecular formula is C23H24FN3O3S2. The minimum Gasteiger partial charge on any atom is -0.312 e. The smallest absolute Gasteiger partial charge is 0.266 e. The molecule has 1 fully saturated rings. The lowest BCUT2D eigenvalue weighted by Crippen LogP contribution is -2.40. The van der Waals surface area contributed by atoms with Crippen LogP contribution in [0.3, 0.4) is 0 Å². The van der Waals surface area contributed by atoms with Crippen LogP contribution in [0.4, 0.5) is 4.39 Å². The normalized spacial score (nSPS) is 17.8. The van der Waals surface area contributed by atoms with Gasteiger partial charge in [0.1, 0.15) is 11.9 Å². The Kier molecular flexibility index (Phi) is 6.15. The second-order valence-electron chi connectivity index (χ2n) is 7.87. The Balaban J connectivity index is 1.74. The molecule has 2 heterocycles. The number of hydrogen-bond acceptors (Lipinski definition) is 4. The number of fused-ring (bicyclic) bond motifs is 1. The maximum absolute atomic E-state index is 13.3. The van der Waals surface area contributed by atoms with Crippen molar-refractivity contribution in [2.24, 2.45) is 4.99 Å². The lowest BCUT2D eigenvalue weighted by Gasteiger charge is -2.21. The highest BCUT2D eigenvalue weighted by molar-refractivity contribution is 7.89. The maximum Gasteiger partial charge on any atom is 0.266 e. The van der Waals surface area contributed by atoms with Gasteiger partial charge in [0.25, 0.3) is 5.91 Å². The summed E-state index contributed by atoms with van der Waals surface area (Å²) in [7, 11) is -3.93. The molecule has 1 aliphatic rings. The van der Waals surface area contributed by atoms with Crippen LogP contribution in [0, 0.1) is 19.7 Å². The van der Waals surface area contributed by atoms with Gasteiger partial charge in [-0.3, -0.25) is 4.79 Å². The van der Waals surface area contributed by atoms with Gasteiger partial charge in [-0.15, -0.1) is 6.58 Å². The number of carbonyl (C=O) groups is 1. The molecule has 0 N–H and O–H groups in total. The Morgan fingerprint density at radius 2 is 1.94 bits per heavy atom. The Morgan fingerprint density at radius 1 is 1.25 bits per heavy atom. The molecule has 1 atom stereocenters. The first kappa shape index (κ1) is 22.6. The number of allylic oxidation sites excluding steroid dienone is 1. The van der Waals surface area contributed by atoms with E-state index in [9.17, 15) is 17.6 Å². The van der Waals surface area contributed by atoms with Gasteiger partial charge >= 0.3 is 0 Å². The minimum absolute atomic E-state index is 0.0341. The molecular weight excluding hydrogens is 449 g/mol. The quantitative estimate of drug-likeness (QED) is 0.527. The summed E-state index contributed by atoms with van der Waals surface area (Å²) in [6.07, 6.45) is 2.70. The predicted octanol–water partition coefficient (Wildman–Crippen LogP) is 3.93. The first-order chi connectivity index (χ1) is 15.2. The largest absolute Gasteiger partial charge is 0.312 e. The fourth-order valence-electron chi connectivity index (χ4n) is 3.90. The molecule has 168 valence electrons. The third kappa shape index (κ3) is 4.07. The molecule has 0 bridgehead atoms. The molecule has 3 aromatic rings. The molecule has 1 amide bonds. The number of aryl methyl sites for hydroxylation is 2. The molecule has 2 aromatic carbocycles. The fraction of sp³-hybridized carbons (Fsp3) is 0.304. The number of rotatable bonds is 5. The van der Waals surface area contributed by atoms with Crippen LogP contribution < -0.4 is 4.80 Å². The van der Waals surface area contributed by atoms with E-state index in [-0.39, 0.29) is 11.4 Å². The van der Waals surface area contributed by atoms with Gasteiger partial charge in [-0.2, -0.15) is 9.30 Å². The monoisotopic (exact) mass is 473 g/mol. The van der Waals surface area contributed by atoms with Crippen molar-refractivity contribution in [3.8, 4) is 0 Å². The van der Waals surface area contributed by atoms with Crippen LogP contribution in [-0.4, -0.2) is 35.8 Å². The van der Waals surface area contributed by atoms with E-state index < -0.39 is 27.8 Å². The second-order valence-corrected chi connectivity index (χ2v) is 10.8. The van der Waals surface area contributed by atoms with Gasteiger partial charge < -0.3 is 4.57 Å². The number of amides is 1. The molecule has 0 radical (unpaired) electrons. The first-order valence-corrected chi connectivity index (χ1v) is 12.6. The van der Waals surface area contributed by atoms with E-state index in [1.807, 2.05) is 18.4 Å². The van der Waals surface area contributed by atoms with Gasteiger partial charge in [-0.25, -0.2) is 12.8 Å². The zero-order valence-electron chi connectivity index (χ0n) is 17.9. The summed E-state index contributed by atoms with van der Waals surface area (Å²) < 4.78 is 43.5. The highest BCUT2D eigenvalue weighted by Gasteiger charge is 2.39. The molecule has 1 aliphatic heterocycles. The maximum atomic E-state index is 13.3. The minimum atomic E-state index is -3.93. The van der Waals surface area contributed by atoms with Crippen molar-refractivity contribution >= 4 is 37.5 Å². The Labute approximate surface area is 190 Å². The lowest BCUT2D eigenvalue weighted by atomic mass is 10.1. The van der Waals surface area contributed by atoms with Gasteiger partial charge in [0, 0.05) is 13.1 Å². The Morgan fingerprint density at radius 3 is 2.62 bits per heavy atom. The van der Waals surface area contributed by atoms with Crippen LogP contribution in [-0.2, 0) is 21.4 Å². The Hall–Kier alpha value is -2.62. The summed E-state index contributed by atoms with van der Waals surface area (Å²) in [5.41, 5.74) is 3.25. The molecule has 0 saturated carbocycles. The average molecular weight is 474 g/mol. The van der Waals surface area contributed by atoms with Crippen molar-refractivity contribution in [2.45, 2.75) is 44.2 Å². The van der Waals surface area contributed by atoms with E-state index in [2.05, 4.69) is 23.7 Å². The van der Waals surface area contributed by atoms with Crippen molar-refractivity contribution < 1.29 is 17.6 Å². The van der Waals surface area contributed by atoms with Gasteiger partial charge in [-0.05, 0) is 74.2 Å². The number of nitrogens with zero attached hydrogens (tertiary/aromatic N) is 3. The van der Waals surface area contributed by atoms with Crippen molar-refractivity contribution in [1.82, 2.24) is 8.87 Å². The number of thiazole rings is 1. The highest BCUT2D eigenvalue weighted by atomic mass is 32.2. The zero-order valence-corrected chi connectivity index (χ0v) is 19.5. The number of halogens is 1. The van der Waals surface area contributed by atoms with E-state index >= 15 is 0 Å². The molecule has 32 heavy (non-hydrogen) atoms. The fourth-order valence-corrected chi connectivity index (χ4v) is 6.67. The van der Waals surface area contributed by atoms with Crippen molar-refractivity contribution in [1.29, 1.82) is 0 Å². The standard InChI is InChI=1S/C23H24FN3O3S2/c1-4-11-26-20-13-15(2)16(3)14-21(20)31-23(26)25-22(28)19-6-5-12-27(19)32(29,30)18-9-7-17(24)8-10-18/h4,7-10,13-14,19H,1,5-6,11-12H2,2-3H3. The summed E-state index contributed by atoms with van der Waals surface area (Å²) >= 11 is 1.40. The van der Waals surface area contributed by atoms with Crippen LogP contribution in [0.1, 0.15) is 24.0 Å². The number of aromatic nitrogens is 1. The second kappa shape index (κ2) is 8.73. The van der Waals surface area contributed by atoms with E-state index in [4.69, 9.17) is 0 Å². The summed E-state index contributed by atoms with van der Waals surface area (Å²) in [5, 5.41) is 0. The SMILES string of the molecule is C=CCn1c(=NC(=O)C2CCCN2S(=O)(=O)c2ccc(F)cc2)sc2cc(C)c(C)cc21. The van der Waals surface area contributed by atoms with Crippen LogP contribution in [0.5, 0.6) is 0 Å². The van der Waals surface area contributed by atoms with Gasteiger partial charge in [0.2, 0.25) is 10.0 Å². The molecule has 0 aliphatic carbocycles. The van der Waals surface area contributed by atoms with Gasteiger partial charge in [0.05, 0.1) is 15.1 Å². The Bertz CT molecular complexity index is 1370. The van der Waals surface area contributed by atoms with E-state index in [0.717, 1.165) is 33.5 Å². The number of benzene rings is 2. The predicted molar refractivity (Wildman–Crippen MR) is 123 cm³/mol. The summed E-state index contributed by atoms with van der Waals surface area (Å²) in [4.78, 5) is 18.0. The van der Waals surface area contributed by atoms with Crippen molar-refractivity contribution in [3.63, 3.8) is 0 Å². The third-order valence-electron chi connectivity index (χ3n) is 5.72. The number of hydrogen-bond donors (Lipinski definition) is 0. The van der Waals surface area contributed by atoms with E-state index in [1.54, 1.807) is 6.08 Å². The molecule has 1 saturated heterocycles. The van der Waals surface area contributed by atoms with Crippen LogP contribution >= 0.6 is 11.3 Å². The molecule has 6 nitrogen and oxygen atoms in total. The molecule has 1 unspecified atom stereocenters. The van der Waals surface area contributed by atoms with E-state index in [0.29, 0.717) is 24.2 Å². The van der Waals surface area contributed by atoms with Gasteiger partial charge in [0.15, 0.2) is 4.80 Å². The number of sulfonamides is 1.